The first kappa shape index (κ1) is 17.2. The average Bonchev–Trinajstić information content (AvgIpc) is 2.88. The Bertz CT molecular complexity index is 715. The average molecular weight is 342 g/mol. The zero-order valence-electron chi connectivity index (χ0n) is 14.2. The molecular formula is C18H22N4O3. The zero-order chi connectivity index (χ0) is 17.9. The summed E-state index contributed by atoms with van der Waals surface area (Å²) < 4.78 is 5.73. The molecule has 0 radical (unpaired) electrons. The van der Waals surface area contributed by atoms with E-state index in [1.165, 1.54) is 0 Å². The largest absolute Gasteiger partial charge is 0.492 e. The Balaban J connectivity index is 1.53. The van der Waals surface area contributed by atoms with Gasteiger partial charge in [-0.15, -0.1) is 0 Å². The SMILES string of the molecule is C[C@]1([C@@H]2CCCN(CCOc3cccc(C#N)c3)C2)NC(=O)NC1=O. The van der Waals surface area contributed by atoms with Crippen LogP contribution in [0, 0.1) is 17.2 Å². The number of nitrogens with one attached hydrogen (secondary N) is 2. The predicted octanol–water partition coefficient (Wildman–Crippen LogP) is 1.25. The highest BCUT2D eigenvalue weighted by molar-refractivity contribution is 6.06. The number of carbonyl (C=O) groups is 2. The summed E-state index contributed by atoms with van der Waals surface area (Å²) in [5, 5.41) is 14.0. The van der Waals surface area contributed by atoms with E-state index in [4.69, 9.17) is 10.00 Å². The third kappa shape index (κ3) is 3.74. The van der Waals surface area contributed by atoms with Crippen LogP contribution in [0.5, 0.6) is 5.75 Å². The van der Waals surface area contributed by atoms with Crippen molar-refractivity contribution in [1.29, 1.82) is 5.26 Å². The number of ether oxygens (including phenoxy) is 1. The predicted molar refractivity (Wildman–Crippen MR) is 90.9 cm³/mol. The minimum Gasteiger partial charge on any atom is -0.492 e. The first-order valence-corrected chi connectivity index (χ1v) is 8.50. The molecule has 0 aromatic heterocycles. The zero-order valence-corrected chi connectivity index (χ0v) is 14.2. The second kappa shape index (κ2) is 7.11. The molecule has 0 aliphatic carbocycles. The summed E-state index contributed by atoms with van der Waals surface area (Å²) in [4.78, 5) is 25.8. The highest BCUT2D eigenvalue weighted by atomic mass is 16.5. The number of nitriles is 1. The molecule has 0 bridgehead atoms. The van der Waals surface area contributed by atoms with Crippen molar-refractivity contribution in [2.24, 2.45) is 5.92 Å². The summed E-state index contributed by atoms with van der Waals surface area (Å²) in [6.45, 7) is 4.73. The number of benzene rings is 1. The van der Waals surface area contributed by atoms with E-state index < -0.39 is 11.6 Å². The van der Waals surface area contributed by atoms with Gasteiger partial charge in [0.15, 0.2) is 0 Å². The fraction of sp³-hybridized carbons (Fsp3) is 0.500. The first-order chi connectivity index (χ1) is 12.0. The van der Waals surface area contributed by atoms with Crippen LogP contribution >= 0.6 is 0 Å². The molecule has 132 valence electrons. The molecule has 0 saturated carbocycles. The van der Waals surface area contributed by atoms with Gasteiger partial charge in [0, 0.05) is 19.0 Å². The summed E-state index contributed by atoms with van der Waals surface area (Å²) in [5.41, 5.74) is -0.260. The van der Waals surface area contributed by atoms with Crippen molar-refractivity contribution in [3.05, 3.63) is 29.8 Å². The quantitative estimate of drug-likeness (QED) is 0.785. The third-order valence-electron chi connectivity index (χ3n) is 5.03. The minimum atomic E-state index is -0.836. The normalized spacial score (nSPS) is 26.6. The maximum Gasteiger partial charge on any atom is 0.322 e. The molecule has 3 amide bonds. The van der Waals surface area contributed by atoms with Crippen LogP contribution in [0.25, 0.3) is 0 Å². The van der Waals surface area contributed by atoms with Crippen molar-refractivity contribution in [1.82, 2.24) is 15.5 Å². The molecule has 0 unspecified atom stereocenters. The molecule has 2 saturated heterocycles. The lowest BCUT2D eigenvalue weighted by atomic mass is 9.80. The second-order valence-electron chi connectivity index (χ2n) is 6.74. The van der Waals surface area contributed by atoms with Gasteiger partial charge in [-0.3, -0.25) is 15.0 Å². The van der Waals surface area contributed by atoms with E-state index in [0.717, 1.165) is 32.5 Å². The van der Waals surface area contributed by atoms with Crippen molar-refractivity contribution in [3.63, 3.8) is 0 Å². The molecule has 0 spiro atoms. The van der Waals surface area contributed by atoms with E-state index >= 15 is 0 Å². The van der Waals surface area contributed by atoms with Gasteiger partial charge in [0.1, 0.15) is 17.9 Å². The third-order valence-corrected chi connectivity index (χ3v) is 5.03. The van der Waals surface area contributed by atoms with Gasteiger partial charge in [-0.1, -0.05) is 6.07 Å². The molecular weight excluding hydrogens is 320 g/mol. The Kier molecular flexibility index (Phi) is 4.91. The Hall–Kier alpha value is -2.59. The van der Waals surface area contributed by atoms with Gasteiger partial charge in [-0.05, 0) is 44.5 Å². The van der Waals surface area contributed by atoms with Crippen LogP contribution in [0.4, 0.5) is 4.79 Å². The number of hydrogen-bond donors (Lipinski definition) is 2. The van der Waals surface area contributed by atoms with Crippen molar-refractivity contribution < 1.29 is 14.3 Å². The Morgan fingerprint density at radius 2 is 2.28 bits per heavy atom. The number of hydrogen-bond acceptors (Lipinski definition) is 5. The second-order valence-corrected chi connectivity index (χ2v) is 6.74. The molecule has 3 rings (SSSR count). The molecule has 2 aliphatic heterocycles. The molecule has 2 atom stereocenters. The van der Waals surface area contributed by atoms with Crippen LogP contribution in [0.1, 0.15) is 25.3 Å². The van der Waals surface area contributed by atoms with E-state index in [0.29, 0.717) is 17.9 Å². The van der Waals surface area contributed by atoms with Crippen LogP contribution in [-0.2, 0) is 4.79 Å². The van der Waals surface area contributed by atoms with Gasteiger partial charge >= 0.3 is 6.03 Å². The fourth-order valence-electron chi connectivity index (χ4n) is 3.52. The number of imide groups is 1. The van der Waals surface area contributed by atoms with Crippen molar-refractivity contribution in [3.8, 4) is 11.8 Å². The maximum atomic E-state index is 12.1. The summed E-state index contributed by atoms with van der Waals surface area (Å²) >= 11 is 0. The lowest BCUT2D eigenvalue weighted by Gasteiger charge is -2.39. The van der Waals surface area contributed by atoms with Crippen LogP contribution in [0.15, 0.2) is 24.3 Å². The number of piperidine rings is 1. The van der Waals surface area contributed by atoms with Crippen LogP contribution in [-0.4, -0.2) is 48.6 Å². The Morgan fingerprint density at radius 3 is 3.00 bits per heavy atom. The number of urea groups is 1. The number of nitrogens with zero attached hydrogens (tertiary/aromatic N) is 2. The number of rotatable bonds is 5. The van der Waals surface area contributed by atoms with E-state index in [2.05, 4.69) is 21.6 Å². The summed E-state index contributed by atoms with van der Waals surface area (Å²) in [6.07, 6.45) is 1.89. The van der Waals surface area contributed by atoms with Gasteiger partial charge in [-0.25, -0.2) is 4.79 Å². The smallest absolute Gasteiger partial charge is 0.322 e. The molecule has 2 heterocycles. The number of likely N-dealkylation sites (tertiary alicyclic amines) is 1. The molecule has 7 nitrogen and oxygen atoms in total. The summed E-state index contributed by atoms with van der Waals surface area (Å²) in [6, 6.07) is 8.77. The number of carbonyl (C=O) groups excluding carboxylic acids is 2. The minimum absolute atomic E-state index is 0.0783. The molecule has 7 heteroatoms. The van der Waals surface area contributed by atoms with Gasteiger partial charge in [0.05, 0.1) is 11.6 Å². The molecule has 1 aromatic carbocycles. The van der Waals surface area contributed by atoms with E-state index in [1.807, 2.05) is 6.07 Å². The van der Waals surface area contributed by atoms with Crippen LogP contribution in [0.2, 0.25) is 0 Å². The van der Waals surface area contributed by atoms with E-state index in [1.54, 1.807) is 25.1 Å². The number of amides is 3. The van der Waals surface area contributed by atoms with Crippen LogP contribution in [0.3, 0.4) is 0 Å². The summed E-state index contributed by atoms with van der Waals surface area (Å²) in [5.74, 6) is 0.519. The van der Waals surface area contributed by atoms with Crippen molar-refractivity contribution >= 4 is 11.9 Å². The standard InChI is InChI=1S/C18H22N4O3/c1-18(16(23)20-17(24)21-18)14-5-3-7-22(12-14)8-9-25-15-6-2-4-13(10-15)11-19/h2,4,6,10,14H,3,5,7-9,12H2,1H3,(H2,20,21,23,24)/t14-,18-/m1/s1. The van der Waals surface area contributed by atoms with Gasteiger partial charge in [-0.2, -0.15) is 5.26 Å². The van der Waals surface area contributed by atoms with Crippen LogP contribution < -0.4 is 15.4 Å². The Morgan fingerprint density at radius 1 is 1.44 bits per heavy atom. The molecule has 2 aliphatic rings. The highest BCUT2D eigenvalue weighted by Gasteiger charge is 2.48. The lowest BCUT2D eigenvalue weighted by Crippen LogP contribution is -2.56. The monoisotopic (exact) mass is 342 g/mol. The topological polar surface area (TPSA) is 94.5 Å². The fourth-order valence-corrected chi connectivity index (χ4v) is 3.52. The van der Waals surface area contributed by atoms with Gasteiger partial charge in [0.2, 0.25) is 0 Å². The molecule has 25 heavy (non-hydrogen) atoms. The van der Waals surface area contributed by atoms with E-state index in [9.17, 15) is 9.59 Å². The Labute approximate surface area is 146 Å². The lowest BCUT2D eigenvalue weighted by molar-refractivity contribution is -0.126. The molecule has 2 N–H and O–H groups in total. The maximum absolute atomic E-state index is 12.1. The summed E-state index contributed by atoms with van der Waals surface area (Å²) in [7, 11) is 0. The van der Waals surface area contributed by atoms with E-state index in [-0.39, 0.29) is 11.8 Å². The highest BCUT2D eigenvalue weighted by Crippen LogP contribution is 2.29. The molecule has 2 fully saturated rings. The van der Waals surface area contributed by atoms with Gasteiger partial charge in [0.25, 0.3) is 5.91 Å². The van der Waals surface area contributed by atoms with Gasteiger partial charge < -0.3 is 10.1 Å². The first-order valence-electron chi connectivity index (χ1n) is 8.50. The van der Waals surface area contributed by atoms with Crippen molar-refractivity contribution in [2.75, 3.05) is 26.2 Å². The van der Waals surface area contributed by atoms with Crippen molar-refractivity contribution in [2.45, 2.75) is 25.3 Å². The molecule has 1 aromatic rings.